The Kier molecular flexibility index (Phi) is 3.83. The number of rotatable bonds is 6. The van der Waals surface area contributed by atoms with Crippen molar-refractivity contribution in [1.29, 1.82) is 0 Å². The summed E-state index contributed by atoms with van der Waals surface area (Å²) in [7, 11) is 0. The van der Waals surface area contributed by atoms with E-state index in [4.69, 9.17) is 10.8 Å². The van der Waals surface area contributed by atoms with Gasteiger partial charge in [-0.25, -0.2) is 0 Å². The van der Waals surface area contributed by atoms with Crippen LogP contribution >= 0.6 is 0 Å². The van der Waals surface area contributed by atoms with Crippen molar-refractivity contribution in [3.8, 4) is 0 Å². The second-order valence-corrected chi connectivity index (χ2v) is 3.30. The highest BCUT2D eigenvalue weighted by molar-refractivity contribution is 4.75. The van der Waals surface area contributed by atoms with E-state index >= 15 is 0 Å². The quantitative estimate of drug-likeness (QED) is 0.497. The van der Waals surface area contributed by atoms with Gasteiger partial charge in [0, 0.05) is 12.6 Å². The first kappa shape index (κ1) is 8.97. The number of nitrogens with two attached hydrogens (primary N) is 1. The van der Waals surface area contributed by atoms with Crippen LogP contribution < -0.4 is 11.1 Å². The smallest absolute Gasteiger partial charge is 0.0597 e. The van der Waals surface area contributed by atoms with Gasteiger partial charge < -0.3 is 16.2 Å². The summed E-state index contributed by atoms with van der Waals surface area (Å²) >= 11 is 0. The van der Waals surface area contributed by atoms with E-state index in [2.05, 4.69) is 5.32 Å². The zero-order valence-electron chi connectivity index (χ0n) is 6.92. The number of aliphatic hydroxyl groups is 1. The maximum absolute atomic E-state index is 8.76. The molecule has 3 heteroatoms. The number of aliphatic hydroxyl groups excluding tert-OH is 1. The first-order valence-corrected chi connectivity index (χ1v) is 4.41. The number of nitrogens with one attached hydrogen (secondary N) is 1. The maximum Gasteiger partial charge on any atom is 0.0597 e. The van der Waals surface area contributed by atoms with Crippen LogP contribution in [0.1, 0.15) is 19.3 Å². The molecule has 1 fully saturated rings. The molecular weight excluding hydrogens is 140 g/mol. The summed E-state index contributed by atoms with van der Waals surface area (Å²) in [6.07, 6.45) is 4.04. The van der Waals surface area contributed by atoms with E-state index in [1.807, 2.05) is 0 Å². The van der Waals surface area contributed by atoms with E-state index in [-0.39, 0.29) is 12.6 Å². The minimum atomic E-state index is 0.105. The predicted molar refractivity (Wildman–Crippen MR) is 45.3 cm³/mol. The molecule has 0 spiro atoms. The van der Waals surface area contributed by atoms with Gasteiger partial charge in [-0.3, -0.25) is 0 Å². The molecule has 0 aromatic carbocycles. The van der Waals surface area contributed by atoms with E-state index < -0.39 is 0 Å². The summed E-state index contributed by atoms with van der Waals surface area (Å²) in [4.78, 5) is 0. The Morgan fingerprint density at radius 2 is 2.27 bits per heavy atom. The van der Waals surface area contributed by atoms with Crippen molar-refractivity contribution in [3.63, 3.8) is 0 Å². The predicted octanol–water partition coefficient (Wildman–Crippen LogP) is -0.304. The molecule has 0 amide bonds. The third-order valence-corrected chi connectivity index (χ3v) is 2.19. The van der Waals surface area contributed by atoms with Crippen LogP contribution in [0.2, 0.25) is 0 Å². The van der Waals surface area contributed by atoms with Crippen molar-refractivity contribution in [2.75, 3.05) is 19.7 Å². The van der Waals surface area contributed by atoms with Gasteiger partial charge in [0.25, 0.3) is 0 Å². The molecule has 1 aliphatic carbocycles. The van der Waals surface area contributed by atoms with Crippen LogP contribution in [0.5, 0.6) is 0 Å². The van der Waals surface area contributed by atoms with Crippen LogP contribution in [0.15, 0.2) is 0 Å². The second kappa shape index (κ2) is 4.70. The van der Waals surface area contributed by atoms with Gasteiger partial charge in [-0.1, -0.05) is 12.8 Å². The second-order valence-electron chi connectivity index (χ2n) is 3.30. The van der Waals surface area contributed by atoms with Gasteiger partial charge in [-0.05, 0) is 18.9 Å². The van der Waals surface area contributed by atoms with Crippen LogP contribution in [0, 0.1) is 5.92 Å². The Labute approximate surface area is 68.0 Å². The van der Waals surface area contributed by atoms with E-state index in [0.717, 1.165) is 12.5 Å². The van der Waals surface area contributed by atoms with Crippen molar-refractivity contribution >= 4 is 0 Å². The summed E-state index contributed by atoms with van der Waals surface area (Å²) in [5.41, 5.74) is 5.39. The van der Waals surface area contributed by atoms with Gasteiger partial charge in [0.05, 0.1) is 6.61 Å². The largest absolute Gasteiger partial charge is 0.395 e. The number of hydrogen-bond acceptors (Lipinski definition) is 3. The zero-order chi connectivity index (χ0) is 8.10. The van der Waals surface area contributed by atoms with E-state index in [1.54, 1.807) is 0 Å². The van der Waals surface area contributed by atoms with Crippen molar-refractivity contribution in [1.82, 2.24) is 5.32 Å². The highest BCUT2D eigenvalue weighted by Gasteiger charge is 2.20. The monoisotopic (exact) mass is 158 g/mol. The van der Waals surface area contributed by atoms with E-state index in [9.17, 15) is 0 Å². The maximum atomic E-state index is 8.76. The van der Waals surface area contributed by atoms with Crippen LogP contribution in [-0.4, -0.2) is 30.8 Å². The Hall–Kier alpha value is -0.120. The molecule has 3 nitrogen and oxygen atoms in total. The van der Waals surface area contributed by atoms with Crippen molar-refractivity contribution < 1.29 is 5.11 Å². The first-order chi connectivity index (χ1) is 5.36. The molecule has 1 saturated carbocycles. The Morgan fingerprint density at radius 1 is 1.55 bits per heavy atom. The minimum absolute atomic E-state index is 0.105. The average molecular weight is 158 g/mol. The summed E-state index contributed by atoms with van der Waals surface area (Å²) < 4.78 is 0. The lowest BCUT2D eigenvalue weighted by atomic mass is 10.2. The fraction of sp³-hybridized carbons (Fsp3) is 1.00. The van der Waals surface area contributed by atoms with Gasteiger partial charge >= 0.3 is 0 Å². The zero-order valence-corrected chi connectivity index (χ0v) is 6.92. The van der Waals surface area contributed by atoms with Crippen LogP contribution in [0.4, 0.5) is 0 Å². The number of hydrogen-bond donors (Lipinski definition) is 3. The third kappa shape index (κ3) is 3.70. The Morgan fingerprint density at radius 3 is 2.73 bits per heavy atom. The molecule has 1 rings (SSSR count). The van der Waals surface area contributed by atoms with Gasteiger partial charge in [-0.2, -0.15) is 0 Å². The molecule has 0 aromatic heterocycles. The summed E-state index contributed by atoms with van der Waals surface area (Å²) in [6.45, 7) is 1.69. The molecule has 11 heavy (non-hydrogen) atoms. The van der Waals surface area contributed by atoms with Crippen LogP contribution in [0.3, 0.4) is 0 Å². The molecule has 66 valence electrons. The molecule has 4 N–H and O–H groups in total. The summed E-state index contributed by atoms with van der Waals surface area (Å²) in [5, 5.41) is 12.0. The topological polar surface area (TPSA) is 58.3 Å². The van der Waals surface area contributed by atoms with Crippen molar-refractivity contribution in [2.24, 2.45) is 11.7 Å². The molecule has 0 saturated heterocycles. The summed E-state index contributed by atoms with van der Waals surface area (Å²) in [5.74, 6) is 0.958. The molecule has 1 unspecified atom stereocenters. The molecule has 0 radical (unpaired) electrons. The lowest BCUT2D eigenvalue weighted by Gasteiger charge is -2.12. The molecule has 0 aromatic rings. The molecule has 0 aliphatic heterocycles. The Bertz CT molecular complexity index is 100. The lowest BCUT2D eigenvalue weighted by Crippen LogP contribution is -2.39. The fourth-order valence-electron chi connectivity index (χ4n) is 1.12. The highest BCUT2D eigenvalue weighted by Crippen LogP contribution is 2.31. The standard InChI is InChI=1S/C8H18N2O/c9-5-8(6-11)10-4-3-7-1-2-7/h7-8,10-11H,1-6,9H2. The average Bonchev–Trinajstić information content (AvgIpc) is 2.82. The summed E-state index contributed by atoms with van der Waals surface area (Å²) in [6, 6.07) is 0.105. The molecular formula is C8H18N2O. The van der Waals surface area contributed by atoms with Crippen molar-refractivity contribution in [3.05, 3.63) is 0 Å². The molecule has 0 heterocycles. The lowest BCUT2D eigenvalue weighted by molar-refractivity contribution is 0.245. The van der Waals surface area contributed by atoms with E-state index in [0.29, 0.717) is 6.54 Å². The van der Waals surface area contributed by atoms with Gasteiger partial charge in [0.1, 0.15) is 0 Å². The third-order valence-electron chi connectivity index (χ3n) is 2.19. The first-order valence-electron chi connectivity index (χ1n) is 4.41. The van der Waals surface area contributed by atoms with Gasteiger partial charge in [-0.15, -0.1) is 0 Å². The normalized spacial score (nSPS) is 20.2. The highest BCUT2D eigenvalue weighted by atomic mass is 16.3. The van der Waals surface area contributed by atoms with Crippen molar-refractivity contribution in [2.45, 2.75) is 25.3 Å². The van der Waals surface area contributed by atoms with E-state index in [1.165, 1.54) is 19.3 Å². The van der Waals surface area contributed by atoms with Gasteiger partial charge in [0.15, 0.2) is 0 Å². The molecule has 0 bridgehead atoms. The SMILES string of the molecule is NCC(CO)NCCC1CC1. The molecule has 1 aliphatic rings. The minimum Gasteiger partial charge on any atom is -0.395 e. The Balaban J connectivity index is 1.90. The fourth-order valence-corrected chi connectivity index (χ4v) is 1.12. The van der Waals surface area contributed by atoms with Crippen LogP contribution in [-0.2, 0) is 0 Å². The molecule has 1 atom stereocenters. The van der Waals surface area contributed by atoms with Gasteiger partial charge in [0.2, 0.25) is 0 Å². The van der Waals surface area contributed by atoms with Crippen LogP contribution in [0.25, 0.3) is 0 Å².